The molecule has 0 fully saturated rings. The minimum Gasteiger partial charge on any atom is -0.345 e. The molecule has 0 aromatic rings. The van der Waals surface area contributed by atoms with Gasteiger partial charge in [0.1, 0.15) is 0 Å². The molecule has 0 saturated carbocycles. The highest BCUT2D eigenvalue weighted by Crippen LogP contribution is 2.12. The van der Waals surface area contributed by atoms with Crippen LogP contribution >= 0.6 is 0 Å². The van der Waals surface area contributed by atoms with Crippen LogP contribution in [-0.2, 0) is 9.47 Å². The molecule has 0 aliphatic carbocycles. The first-order valence-electron chi connectivity index (χ1n) is 4.00. The monoisotopic (exact) mass is 174 g/mol. The summed E-state index contributed by atoms with van der Waals surface area (Å²) in [6, 6.07) is 0. The quantitative estimate of drug-likeness (QED) is 0.415. The third-order valence-electron chi connectivity index (χ3n) is 1.38. The number of hydrogen-bond donors (Lipinski definition) is 2. The Morgan fingerprint density at radius 3 is 1.92 bits per heavy atom. The standard InChI is InChI=1S/C8H18N2O2/c1-3-8(2,11-6-4-9)12-7-5-10/h3H,1,4-7,9-10H2,2H3. The molecule has 4 N–H and O–H groups in total. The molecule has 0 radical (unpaired) electrons. The van der Waals surface area contributed by atoms with Gasteiger partial charge in [0.05, 0.1) is 13.2 Å². The lowest BCUT2D eigenvalue weighted by molar-refractivity contribution is -0.188. The highest BCUT2D eigenvalue weighted by Gasteiger charge is 2.20. The van der Waals surface area contributed by atoms with Crippen LogP contribution in [0.2, 0.25) is 0 Å². The zero-order valence-electron chi connectivity index (χ0n) is 7.58. The molecule has 12 heavy (non-hydrogen) atoms. The van der Waals surface area contributed by atoms with Crippen LogP contribution in [0.3, 0.4) is 0 Å². The average Bonchev–Trinajstić information content (AvgIpc) is 2.11. The summed E-state index contributed by atoms with van der Waals surface area (Å²) >= 11 is 0. The van der Waals surface area contributed by atoms with Crippen molar-refractivity contribution in [3.63, 3.8) is 0 Å². The van der Waals surface area contributed by atoms with Crippen molar-refractivity contribution in [2.75, 3.05) is 26.3 Å². The topological polar surface area (TPSA) is 70.5 Å². The lowest BCUT2D eigenvalue weighted by Crippen LogP contribution is -2.33. The third kappa shape index (κ3) is 4.46. The van der Waals surface area contributed by atoms with Crippen molar-refractivity contribution < 1.29 is 9.47 Å². The van der Waals surface area contributed by atoms with Crippen molar-refractivity contribution in [3.8, 4) is 0 Å². The highest BCUT2D eigenvalue weighted by molar-refractivity contribution is 4.85. The predicted octanol–water partition coefficient (Wildman–Crippen LogP) is -0.161. The van der Waals surface area contributed by atoms with E-state index in [9.17, 15) is 0 Å². The van der Waals surface area contributed by atoms with Gasteiger partial charge in [0, 0.05) is 13.1 Å². The van der Waals surface area contributed by atoms with Gasteiger partial charge in [-0.15, -0.1) is 0 Å². The fourth-order valence-electron chi connectivity index (χ4n) is 0.683. The van der Waals surface area contributed by atoms with Crippen molar-refractivity contribution in [1.82, 2.24) is 0 Å². The maximum atomic E-state index is 5.31. The van der Waals surface area contributed by atoms with Crippen LogP contribution in [-0.4, -0.2) is 32.1 Å². The molecule has 0 amide bonds. The van der Waals surface area contributed by atoms with Crippen LogP contribution in [0.15, 0.2) is 12.7 Å². The summed E-state index contributed by atoms with van der Waals surface area (Å²) in [6.45, 7) is 7.23. The average molecular weight is 174 g/mol. The Balaban J connectivity index is 3.78. The second-order valence-corrected chi connectivity index (χ2v) is 2.49. The normalized spacial score (nSPS) is 11.6. The molecular formula is C8H18N2O2. The van der Waals surface area contributed by atoms with Gasteiger partial charge < -0.3 is 20.9 Å². The minimum absolute atomic E-state index is 0.451. The van der Waals surface area contributed by atoms with Gasteiger partial charge in [-0.25, -0.2) is 0 Å². The Hall–Kier alpha value is -0.420. The van der Waals surface area contributed by atoms with Gasteiger partial charge in [0.25, 0.3) is 0 Å². The lowest BCUT2D eigenvalue weighted by atomic mass is 10.3. The number of nitrogens with two attached hydrogens (primary N) is 2. The Morgan fingerprint density at radius 2 is 1.67 bits per heavy atom. The molecule has 0 saturated heterocycles. The summed E-state index contributed by atoms with van der Waals surface area (Å²) < 4.78 is 10.6. The SMILES string of the molecule is C=CC(C)(OCCN)OCCN. The maximum absolute atomic E-state index is 5.31. The first kappa shape index (κ1) is 11.6. The van der Waals surface area contributed by atoms with Crippen molar-refractivity contribution in [2.45, 2.75) is 12.7 Å². The molecule has 4 heteroatoms. The summed E-state index contributed by atoms with van der Waals surface area (Å²) in [5.74, 6) is -0.751. The largest absolute Gasteiger partial charge is 0.345 e. The van der Waals surface area contributed by atoms with Crippen LogP contribution in [0.5, 0.6) is 0 Å². The number of rotatable bonds is 7. The smallest absolute Gasteiger partial charge is 0.184 e. The minimum atomic E-state index is -0.751. The molecule has 72 valence electrons. The van der Waals surface area contributed by atoms with E-state index in [0.29, 0.717) is 26.3 Å². The van der Waals surface area contributed by atoms with Crippen LogP contribution in [0.25, 0.3) is 0 Å². The first-order valence-corrected chi connectivity index (χ1v) is 4.00. The van der Waals surface area contributed by atoms with Crippen molar-refractivity contribution in [1.29, 1.82) is 0 Å². The molecule has 0 rings (SSSR count). The molecule has 4 nitrogen and oxygen atoms in total. The zero-order valence-corrected chi connectivity index (χ0v) is 7.58. The van der Waals surface area contributed by atoms with Gasteiger partial charge in [-0.2, -0.15) is 0 Å². The van der Waals surface area contributed by atoms with Gasteiger partial charge in [-0.1, -0.05) is 6.58 Å². The Kier molecular flexibility index (Phi) is 5.92. The molecule has 0 aromatic carbocycles. The molecule has 0 heterocycles. The van der Waals surface area contributed by atoms with Crippen molar-refractivity contribution in [2.24, 2.45) is 11.5 Å². The summed E-state index contributed by atoms with van der Waals surface area (Å²) in [5, 5.41) is 0. The van der Waals surface area contributed by atoms with E-state index < -0.39 is 5.79 Å². The first-order chi connectivity index (χ1) is 5.68. The summed E-state index contributed by atoms with van der Waals surface area (Å²) in [6.07, 6.45) is 1.60. The van der Waals surface area contributed by atoms with Gasteiger partial charge in [-0.05, 0) is 13.0 Å². The van der Waals surface area contributed by atoms with E-state index in [1.54, 1.807) is 13.0 Å². The van der Waals surface area contributed by atoms with E-state index in [1.807, 2.05) is 0 Å². The number of hydrogen-bond acceptors (Lipinski definition) is 4. The molecule has 0 aliphatic rings. The molecule has 0 aliphatic heterocycles. The van der Waals surface area contributed by atoms with Crippen LogP contribution in [0, 0.1) is 0 Å². The molecule has 0 unspecified atom stereocenters. The highest BCUT2D eigenvalue weighted by atomic mass is 16.7. The fraction of sp³-hybridized carbons (Fsp3) is 0.750. The van der Waals surface area contributed by atoms with E-state index in [0.717, 1.165) is 0 Å². The van der Waals surface area contributed by atoms with Crippen molar-refractivity contribution >= 4 is 0 Å². The maximum Gasteiger partial charge on any atom is 0.184 e. The fourth-order valence-corrected chi connectivity index (χ4v) is 0.683. The second kappa shape index (κ2) is 6.14. The van der Waals surface area contributed by atoms with Gasteiger partial charge in [0.2, 0.25) is 0 Å². The molecule has 0 spiro atoms. The molecular weight excluding hydrogens is 156 g/mol. The van der Waals surface area contributed by atoms with E-state index in [1.165, 1.54) is 0 Å². The number of ether oxygens (including phenoxy) is 2. The third-order valence-corrected chi connectivity index (χ3v) is 1.38. The summed E-state index contributed by atoms with van der Waals surface area (Å²) in [5.41, 5.74) is 10.6. The zero-order chi connectivity index (χ0) is 9.45. The van der Waals surface area contributed by atoms with Gasteiger partial charge in [0.15, 0.2) is 5.79 Å². The molecule has 0 atom stereocenters. The van der Waals surface area contributed by atoms with E-state index in [2.05, 4.69) is 6.58 Å². The Bertz CT molecular complexity index is 120. The Labute approximate surface area is 73.5 Å². The summed E-state index contributed by atoms with van der Waals surface area (Å²) in [7, 11) is 0. The van der Waals surface area contributed by atoms with E-state index in [4.69, 9.17) is 20.9 Å². The Morgan fingerprint density at radius 1 is 1.25 bits per heavy atom. The summed E-state index contributed by atoms with van der Waals surface area (Å²) in [4.78, 5) is 0. The van der Waals surface area contributed by atoms with Crippen LogP contribution in [0.1, 0.15) is 6.92 Å². The van der Waals surface area contributed by atoms with Crippen LogP contribution in [0.4, 0.5) is 0 Å². The van der Waals surface area contributed by atoms with Crippen LogP contribution < -0.4 is 11.5 Å². The van der Waals surface area contributed by atoms with E-state index >= 15 is 0 Å². The predicted molar refractivity (Wildman–Crippen MR) is 48.6 cm³/mol. The lowest BCUT2D eigenvalue weighted by Gasteiger charge is -2.25. The van der Waals surface area contributed by atoms with Gasteiger partial charge in [-0.3, -0.25) is 0 Å². The van der Waals surface area contributed by atoms with Gasteiger partial charge >= 0.3 is 0 Å². The molecule has 0 aromatic heterocycles. The second-order valence-electron chi connectivity index (χ2n) is 2.49. The van der Waals surface area contributed by atoms with E-state index in [-0.39, 0.29) is 0 Å². The van der Waals surface area contributed by atoms with Crippen molar-refractivity contribution in [3.05, 3.63) is 12.7 Å². The molecule has 0 bridgehead atoms.